The predicted molar refractivity (Wildman–Crippen MR) is 70.1 cm³/mol. The lowest BCUT2D eigenvalue weighted by Gasteiger charge is -2.29. The van der Waals surface area contributed by atoms with Crippen LogP contribution >= 0.6 is 0 Å². The molecule has 1 atom stereocenters. The molecule has 1 aliphatic rings. The van der Waals surface area contributed by atoms with Crippen molar-refractivity contribution in [3.8, 4) is 0 Å². The second kappa shape index (κ2) is 5.96. The molecule has 2 heterocycles. The van der Waals surface area contributed by atoms with Gasteiger partial charge in [-0.25, -0.2) is 9.97 Å². The van der Waals surface area contributed by atoms with Gasteiger partial charge in [0.2, 0.25) is 0 Å². The summed E-state index contributed by atoms with van der Waals surface area (Å²) in [4.78, 5) is 11.1. The van der Waals surface area contributed by atoms with E-state index in [9.17, 15) is 0 Å². The van der Waals surface area contributed by atoms with Crippen LogP contribution < -0.4 is 10.2 Å². The fraction of sp³-hybridized carbons (Fsp3) is 0.692. The summed E-state index contributed by atoms with van der Waals surface area (Å²) in [7, 11) is 1.96. The van der Waals surface area contributed by atoms with Crippen molar-refractivity contribution < 1.29 is 0 Å². The van der Waals surface area contributed by atoms with E-state index in [-0.39, 0.29) is 0 Å². The molecular weight excluding hydrogens is 212 g/mol. The van der Waals surface area contributed by atoms with E-state index in [0.29, 0.717) is 6.04 Å². The number of hydrogen-bond acceptors (Lipinski definition) is 4. The highest BCUT2D eigenvalue weighted by atomic mass is 15.2. The summed E-state index contributed by atoms with van der Waals surface area (Å²) < 4.78 is 0. The molecule has 17 heavy (non-hydrogen) atoms. The molecule has 0 radical (unpaired) electrons. The first-order valence-corrected chi connectivity index (χ1v) is 6.53. The Bertz CT molecular complexity index is 353. The zero-order chi connectivity index (χ0) is 12.1. The first-order valence-electron chi connectivity index (χ1n) is 6.53. The van der Waals surface area contributed by atoms with Crippen molar-refractivity contribution in [1.29, 1.82) is 0 Å². The van der Waals surface area contributed by atoms with E-state index < -0.39 is 0 Å². The van der Waals surface area contributed by atoms with Gasteiger partial charge in [0.1, 0.15) is 12.1 Å². The topological polar surface area (TPSA) is 41.1 Å². The van der Waals surface area contributed by atoms with Gasteiger partial charge in [0.25, 0.3) is 0 Å². The smallest absolute Gasteiger partial charge is 0.136 e. The van der Waals surface area contributed by atoms with Crippen LogP contribution in [0.2, 0.25) is 0 Å². The summed E-state index contributed by atoms with van der Waals surface area (Å²) in [5.41, 5.74) is 1.20. The van der Waals surface area contributed by atoms with Crippen LogP contribution in [0.15, 0.2) is 12.5 Å². The molecule has 1 N–H and O–H groups in total. The molecule has 0 saturated carbocycles. The van der Waals surface area contributed by atoms with Gasteiger partial charge in [0, 0.05) is 30.9 Å². The van der Waals surface area contributed by atoms with Crippen molar-refractivity contribution in [2.75, 3.05) is 18.5 Å². The quantitative estimate of drug-likeness (QED) is 0.868. The van der Waals surface area contributed by atoms with Gasteiger partial charge in [-0.2, -0.15) is 0 Å². The first kappa shape index (κ1) is 12.3. The molecule has 2 rings (SSSR count). The highest BCUT2D eigenvalue weighted by Crippen LogP contribution is 2.24. The molecular formula is C13H22N4. The van der Waals surface area contributed by atoms with Crippen LogP contribution in [0.4, 0.5) is 5.82 Å². The van der Waals surface area contributed by atoms with Crippen LogP contribution in [-0.4, -0.2) is 29.6 Å². The van der Waals surface area contributed by atoms with Gasteiger partial charge in [-0.15, -0.1) is 0 Å². The van der Waals surface area contributed by atoms with Crippen LogP contribution in [-0.2, 0) is 6.54 Å². The maximum absolute atomic E-state index is 4.49. The normalized spacial score (nSPS) is 21.3. The Labute approximate surface area is 103 Å². The summed E-state index contributed by atoms with van der Waals surface area (Å²) in [5.74, 6) is 1.11. The van der Waals surface area contributed by atoms with E-state index in [0.717, 1.165) is 18.9 Å². The van der Waals surface area contributed by atoms with Gasteiger partial charge in [0.15, 0.2) is 0 Å². The van der Waals surface area contributed by atoms with E-state index >= 15 is 0 Å². The van der Waals surface area contributed by atoms with Crippen LogP contribution in [0.1, 0.15) is 38.2 Å². The number of nitrogens with one attached hydrogen (secondary N) is 1. The molecule has 0 amide bonds. The molecule has 0 bridgehead atoms. The predicted octanol–water partition coefficient (Wildman–Crippen LogP) is 1.96. The molecule has 1 aromatic rings. The molecule has 94 valence electrons. The van der Waals surface area contributed by atoms with Crippen molar-refractivity contribution in [2.45, 2.75) is 45.2 Å². The molecule has 1 aliphatic heterocycles. The van der Waals surface area contributed by atoms with Gasteiger partial charge in [-0.05, 0) is 26.8 Å². The minimum atomic E-state index is 0.586. The molecule has 0 aliphatic carbocycles. The van der Waals surface area contributed by atoms with E-state index in [1.165, 1.54) is 31.2 Å². The van der Waals surface area contributed by atoms with E-state index in [1.807, 2.05) is 13.2 Å². The minimum absolute atomic E-state index is 0.586. The third kappa shape index (κ3) is 2.94. The van der Waals surface area contributed by atoms with Gasteiger partial charge in [0.05, 0.1) is 0 Å². The number of hydrogen-bond donors (Lipinski definition) is 1. The maximum Gasteiger partial charge on any atom is 0.136 e. The maximum atomic E-state index is 4.49. The van der Waals surface area contributed by atoms with E-state index in [2.05, 4.69) is 27.1 Å². The zero-order valence-corrected chi connectivity index (χ0v) is 10.8. The second-order valence-corrected chi connectivity index (χ2v) is 4.79. The molecule has 1 aromatic heterocycles. The zero-order valence-electron chi connectivity index (χ0n) is 10.8. The summed E-state index contributed by atoms with van der Waals surface area (Å²) in [6.45, 7) is 4.25. The van der Waals surface area contributed by atoms with E-state index in [1.54, 1.807) is 6.33 Å². The number of aromatic nitrogens is 2. The molecule has 0 aromatic carbocycles. The highest BCUT2D eigenvalue weighted by molar-refractivity contribution is 5.46. The molecule has 0 spiro atoms. The lowest BCUT2D eigenvalue weighted by Crippen LogP contribution is -2.34. The average Bonchev–Trinajstić information content (AvgIpc) is 2.55. The molecule has 4 nitrogen and oxygen atoms in total. The Morgan fingerprint density at radius 3 is 3.12 bits per heavy atom. The fourth-order valence-electron chi connectivity index (χ4n) is 2.52. The highest BCUT2D eigenvalue weighted by Gasteiger charge is 2.20. The summed E-state index contributed by atoms with van der Waals surface area (Å²) in [6.07, 6.45) is 8.80. The van der Waals surface area contributed by atoms with Crippen molar-refractivity contribution >= 4 is 5.82 Å². The van der Waals surface area contributed by atoms with Crippen molar-refractivity contribution in [2.24, 2.45) is 0 Å². The van der Waals surface area contributed by atoms with Crippen molar-refractivity contribution in [1.82, 2.24) is 15.3 Å². The average molecular weight is 234 g/mol. The van der Waals surface area contributed by atoms with Crippen molar-refractivity contribution in [3.05, 3.63) is 18.1 Å². The molecule has 1 fully saturated rings. The van der Waals surface area contributed by atoms with Crippen LogP contribution in [0.25, 0.3) is 0 Å². The van der Waals surface area contributed by atoms with Gasteiger partial charge in [-0.1, -0.05) is 12.8 Å². The van der Waals surface area contributed by atoms with Gasteiger partial charge in [-0.3, -0.25) is 0 Å². The summed E-state index contributed by atoms with van der Waals surface area (Å²) in [5, 5.41) is 3.19. The Morgan fingerprint density at radius 1 is 1.41 bits per heavy atom. The standard InChI is InChI=1S/C13H22N4/c1-11-6-4-3-5-7-17(11)13-12(8-14-2)9-15-10-16-13/h9-11,14H,3-8H2,1-2H3. The Morgan fingerprint density at radius 2 is 2.29 bits per heavy atom. The largest absolute Gasteiger partial charge is 0.354 e. The third-order valence-electron chi connectivity index (χ3n) is 3.46. The van der Waals surface area contributed by atoms with Crippen molar-refractivity contribution in [3.63, 3.8) is 0 Å². The van der Waals surface area contributed by atoms with E-state index in [4.69, 9.17) is 0 Å². The number of anilines is 1. The molecule has 1 saturated heterocycles. The van der Waals surface area contributed by atoms with Crippen LogP contribution in [0.5, 0.6) is 0 Å². The molecule has 4 heteroatoms. The number of nitrogens with zero attached hydrogens (tertiary/aromatic N) is 3. The third-order valence-corrected chi connectivity index (χ3v) is 3.46. The van der Waals surface area contributed by atoms with Crippen LogP contribution in [0.3, 0.4) is 0 Å². The SMILES string of the molecule is CNCc1cncnc1N1CCCCCC1C. The number of rotatable bonds is 3. The Balaban J connectivity index is 2.24. The summed E-state index contributed by atoms with van der Waals surface area (Å²) >= 11 is 0. The van der Waals surface area contributed by atoms with Gasteiger partial charge < -0.3 is 10.2 Å². The second-order valence-electron chi connectivity index (χ2n) is 4.79. The fourth-order valence-corrected chi connectivity index (χ4v) is 2.52. The monoisotopic (exact) mass is 234 g/mol. The Hall–Kier alpha value is -1.16. The summed E-state index contributed by atoms with van der Waals surface area (Å²) in [6, 6.07) is 0.586. The van der Waals surface area contributed by atoms with Crippen LogP contribution in [0, 0.1) is 0 Å². The Kier molecular flexibility index (Phi) is 4.31. The molecule has 1 unspecified atom stereocenters. The first-order chi connectivity index (χ1) is 8.33. The van der Waals surface area contributed by atoms with Gasteiger partial charge >= 0.3 is 0 Å². The lowest BCUT2D eigenvalue weighted by atomic mass is 10.1. The minimum Gasteiger partial charge on any atom is -0.354 e. The lowest BCUT2D eigenvalue weighted by molar-refractivity contribution is 0.606.